The largest absolute Gasteiger partial charge is 0.478 e. The molecule has 1 heterocycles. The van der Waals surface area contributed by atoms with Crippen molar-refractivity contribution in [3.8, 4) is 0 Å². The van der Waals surface area contributed by atoms with Crippen molar-refractivity contribution in [2.24, 2.45) is 5.73 Å². The number of aromatic amines is 1. The van der Waals surface area contributed by atoms with E-state index in [0.717, 1.165) is 11.3 Å². The van der Waals surface area contributed by atoms with E-state index in [9.17, 15) is 4.79 Å². The van der Waals surface area contributed by atoms with Crippen LogP contribution in [-0.2, 0) is 0 Å². The summed E-state index contributed by atoms with van der Waals surface area (Å²) in [6.07, 6.45) is 0. The Morgan fingerprint density at radius 1 is 1.54 bits per heavy atom. The number of H-pyrrole nitrogens is 1. The molecule has 0 aliphatic carbocycles. The fourth-order valence-corrected chi connectivity index (χ4v) is 1.55. The van der Waals surface area contributed by atoms with E-state index in [1.54, 1.807) is 13.8 Å². The number of carboxylic acids is 1. The number of carboxylic acid groups (broad SMARTS) is 1. The summed E-state index contributed by atoms with van der Waals surface area (Å²) in [5, 5.41) is 8.88. The molecule has 0 spiro atoms. The van der Waals surface area contributed by atoms with Crippen LogP contribution in [0.15, 0.2) is 0 Å². The van der Waals surface area contributed by atoms with Crippen molar-refractivity contribution in [3.63, 3.8) is 0 Å². The molecule has 1 aromatic heterocycles. The Morgan fingerprint density at radius 2 is 2.08 bits per heavy atom. The van der Waals surface area contributed by atoms with Crippen LogP contribution < -0.4 is 5.73 Å². The van der Waals surface area contributed by atoms with Gasteiger partial charge in [0.25, 0.3) is 0 Å². The van der Waals surface area contributed by atoms with Crippen LogP contribution in [0.5, 0.6) is 0 Å². The molecule has 0 saturated heterocycles. The molecule has 0 fully saturated rings. The number of hydrogen-bond acceptors (Lipinski definition) is 2. The van der Waals surface area contributed by atoms with Gasteiger partial charge in [-0.1, -0.05) is 0 Å². The topological polar surface area (TPSA) is 79.1 Å². The van der Waals surface area contributed by atoms with Gasteiger partial charge < -0.3 is 15.8 Å². The minimum absolute atomic E-state index is 0.160. The number of hydrogen-bond donors (Lipinski definition) is 3. The smallest absolute Gasteiger partial charge is 0.337 e. The summed E-state index contributed by atoms with van der Waals surface area (Å²) in [6, 6.07) is -0.160. The number of carbonyl (C=O) groups is 1. The fourth-order valence-electron chi connectivity index (χ4n) is 1.55. The maximum Gasteiger partial charge on any atom is 0.337 e. The van der Waals surface area contributed by atoms with Crippen LogP contribution in [0.4, 0.5) is 0 Å². The predicted octanol–water partition coefficient (Wildman–Crippen LogP) is 1.35. The van der Waals surface area contributed by atoms with Crippen LogP contribution in [0.3, 0.4) is 0 Å². The molecule has 0 radical (unpaired) electrons. The molecule has 4 N–H and O–H groups in total. The Hall–Kier alpha value is -1.29. The predicted molar refractivity (Wildman–Crippen MR) is 49.8 cm³/mol. The van der Waals surface area contributed by atoms with Crippen LogP contribution in [0.1, 0.15) is 40.3 Å². The summed E-state index contributed by atoms with van der Waals surface area (Å²) in [5.74, 6) is -0.904. The Labute approximate surface area is 76.8 Å². The average Bonchev–Trinajstić information content (AvgIpc) is 2.26. The molecule has 13 heavy (non-hydrogen) atoms. The number of nitrogens with two attached hydrogens (primary N) is 1. The monoisotopic (exact) mass is 182 g/mol. The molecule has 0 aliphatic heterocycles. The first-order chi connectivity index (χ1) is 5.95. The molecule has 0 bridgehead atoms. The van der Waals surface area contributed by atoms with Crippen LogP contribution >= 0.6 is 0 Å². The van der Waals surface area contributed by atoms with E-state index in [2.05, 4.69) is 4.98 Å². The molecule has 4 heteroatoms. The highest BCUT2D eigenvalue weighted by Crippen LogP contribution is 2.21. The third-order valence-corrected chi connectivity index (χ3v) is 2.15. The second kappa shape index (κ2) is 3.22. The van der Waals surface area contributed by atoms with Gasteiger partial charge in [-0.15, -0.1) is 0 Å². The van der Waals surface area contributed by atoms with Gasteiger partial charge in [0.15, 0.2) is 0 Å². The van der Waals surface area contributed by atoms with Crippen LogP contribution in [0, 0.1) is 13.8 Å². The van der Waals surface area contributed by atoms with Gasteiger partial charge in [-0.2, -0.15) is 0 Å². The lowest BCUT2D eigenvalue weighted by molar-refractivity contribution is 0.0695. The van der Waals surface area contributed by atoms with Crippen LogP contribution in [-0.4, -0.2) is 16.1 Å². The van der Waals surface area contributed by atoms with E-state index in [-0.39, 0.29) is 6.04 Å². The van der Waals surface area contributed by atoms with Gasteiger partial charge >= 0.3 is 5.97 Å². The van der Waals surface area contributed by atoms with E-state index >= 15 is 0 Å². The normalized spacial score (nSPS) is 12.9. The van der Waals surface area contributed by atoms with Gasteiger partial charge in [-0.3, -0.25) is 0 Å². The number of aryl methyl sites for hydroxylation is 1. The molecule has 72 valence electrons. The molecule has 0 aliphatic rings. The van der Waals surface area contributed by atoms with Gasteiger partial charge in [0.2, 0.25) is 0 Å². The third-order valence-electron chi connectivity index (χ3n) is 2.15. The Bertz CT molecular complexity index is 340. The molecule has 1 rings (SSSR count). The zero-order valence-corrected chi connectivity index (χ0v) is 8.01. The van der Waals surface area contributed by atoms with Gasteiger partial charge in [0, 0.05) is 17.4 Å². The van der Waals surface area contributed by atoms with E-state index in [4.69, 9.17) is 10.8 Å². The molecule has 0 aromatic carbocycles. The summed E-state index contributed by atoms with van der Waals surface area (Å²) in [4.78, 5) is 13.8. The van der Waals surface area contributed by atoms with Gasteiger partial charge in [0.1, 0.15) is 0 Å². The lowest BCUT2D eigenvalue weighted by Gasteiger charge is -2.03. The highest BCUT2D eigenvalue weighted by Gasteiger charge is 2.18. The molecule has 0 amide bonds. The maximum atomic E-state index is 10.8. The van der Waals surface area contributed by atoms with Gasteiger partial charge in [-0.25, -0.2) is 4.79 Å². The van der Waals surface area contributed by atoms with E-state index < -0.39 is 5.97 Å². The molecule has 1 atom stereocenters. The first-order valence-corrected chi connectivity index (χ1v) is 4.13. The average molecular weight is 182 g/mol. The summed E-state index contributed by atoms with van der Waals surface area (Å²) < 4.78 is 0. The minimum Gasteiger partial charge on any atom is -0.478 e. The highest BCUT2D eigenvalue weighted by molar-refractivity contribution is 5.91. The summed E-state index contributed by atoms with van der Waals surface area (Å²) >= 11 is 0. The summed E-state index contributed by atoms with van der Waals surface area (Å²) in [5.41, 5.74) is 8.21. The maximum absolute atomic E-state index is 10.8. The first-order valence-electron chi connectivity index (χ1n) is 4.13. The van der Waals surface area contributed by atoms with Gasteiger partial charge in [-0.05, 0) is 26.3 Å². The standard InChI is InChI=1S/C9H14N2O2/c1-4-7(9(12)13)6(3)11-8(4)5(2)10/h5,11H,10H2,1-3H3,(H,12,13)/t5-/m1/s1. The minimum atomic E-state index is -0.904. The molecule has 0 unspecified atom stereocenters. The lowest BCUT2D eigenvalue weighted by Crippen LogP contribution is -2.07. The first kappa shape index (κ1) is 9.80. The van der Waals surface area contributed by atoms with Crippen molar-refractivity contribution < 1.29 is 9.90 Å². The zero-order valence-electron chi connectivity index (χ0n) is 8.01. The highest BCUT2D eigenvalue weighted by atomic mass is 16.4. The van der Waals surface area contributed by atoms with Crippen molar-refractivity contribution in [1.82, 2.24) is 4.98 Å². The van der Waals surface area contributed by atoms with Gasteiger partial charge in [0.05, 0.1) is 5.56 Å². The molecular weight excluding hydrogens is 168 g/mol. The quantitative estimate of drug-likeness (QED) is 0.646. The van der Waals surface area contributed by atoms with Crippen molar-refractivity contribution in [2.75, 3.05) is 0 Å². The molecular formula is C9H14N2O2. The Balaban J connectivity index is 3.30. The van der Waals surface area contributed by atoms with E-state index in [1.165, 1.54) is 0 Å². The fraction of sp³-hybridized carbons (Fsp3) is 0.444. The van der Waals surface area contributed by atoms with Crippen LogP contribution in [0.25, 0.3) is 0 Å². The van der Waals surface area contributed by atoms with Crippen molar-refractivity contribution >= 4 is 5.97 Å². The number of rotatable bonds is 2. The Kier molecular flexibility index (Phi) is 2.43. The van der Waals surface area contributed by atoms with E-state index in [0.29, 0.717) is 11.3 Å². The Morgan fingerprint density at radius 3 is 2.31 bits per heavy atom. The van der Waals surface area contributed by atoms with Crippen molar-refractivity contribution in [2.45, 2.75) is 26.8 Å². The van der Waals surface area contributed by atoms with Crippen LogP contribution in [0.2, 0.25) is 0 Å². The second-order valence-corrected chi connectivity index (χ2v) is 3.26. The summed E-state index contributed by atoms with van der Waals surface area (Å²) in [7, 11) is 0. The second-order valence-electron chi connectivity index (χ2n) is 3.26. The number of aromatic nitrogens is 1. The van der Waals surface area contributed by atoms with Crippen molar-refractivity contribution in [1.29, 1.82) is 0 Å². The lowest BCUT2D eigenvalue weighted by atomic mass is 10.1. The summed E-state index contributed by atoms with van der Waals surface area (Å²) in [6.45, 7) is 5.33. The molecule has 0 saturated carbocycles. The molecule has 4 nitrogen and oxygen atoms in total. The number of nitrogens with one attached hydrogen (secondary N) is 1. The number of aromatic carboxylic acids is 1. The SMILES string of the molecule is Cc1[nH]c([C@@H](C)N)c(C)c1C(=O)O. The van der Waals surface area contributed by atoms with E-state index in [1.807, 2.05) is 6.92 Å². The third kappa shape index (κ3) is 1.58. The zero-order chi connectivity index (χ0) is 10.2. The van der Waals surface area contributed by atoms with Crippen molar-refractivity contribution in [3.05, 3.63) is 22.5 Å². The molecule has 1 aromatic rings.